The minimum atomic E-state index is -4.53. The molecule has 0 spiro atoms. The Bertz CT molecular complexity index is 1240. The number of alkyl halides is 3. The number of aromatic nitrogens is 2. The van der Waals surface area contributed by atoms with Crippen LogP contribution in [0.15, 0.2) is 54.7 Å². The van der Waals surface area contributed by atoms with E-state index in [9.17, 15) is 22.8 Å². The lowest BCUT2D eigenvalue weighted by molar-refractivity contribution is -0.141. The Kier molecular flexibility index (Phi) is 8.12. The van der Waals surface area contributed by atoms with Gasteiger partial charge in [-0.3, -0.25) is 14.6 Å². The van der Waals surface area contributed by atoms with Crippen molar-refractivity contribution in [1.29, 1.82) is 0 Å². The number of ketones is 1. The highest BCUT2D eigenvalue weighted by atomic mass is 19.4. The van der Waals surface area contributed by atoms with E-state index in [-0.39, 0.29) is 18.3 Å². The van der Waals surface area contributed by atoms with Crippen LogP contribution >= 0.6 is 0 Å². The first kappa shape index (κ1) is 26.6. The number of pyridine rings is 1. The maximum absolute atomic E-state index is 13.4. The lowest BCUT2D eigenvalue weighted by Crippen LogP contribution is -2.30. The fraction of sp³-hybridized carbons (Fsp3) is 0.393. The number of hydrogen-bond acceptors (Lipinski definition) is 4. The van der Waals surface area contributed by atoms with E-state index in [1.54, 1.807) is 6.07 Å². The number of carbonyl (C=O) groups excluding carboxylic acids is 2. The standard InChI is InChI=1S/C28H30F3N3O3/c1-3-18(19-8-6-5-7-9-19)14-25(35)23-15-21(24-17-37-13-12-34(23)24)27(36)33-22(4-2)20-10-11-26(32-16-20)28(29,30)31/h5-11,15-16,18,22H,3-4,12-14,17H2,1-2H3,(H,33,36)/t18-,22+/m0/s1. The van der Waals surface area contributed by atoms with E-state index in [0.29, 0.717) is 48.5 Å². The van der Waals surface area contributed by atoms with E-state index in [4.69, 9.17) is 4.74 Å². The summed E-state index contributed by atoms with van der Waals surface area (Å²) < 4.78 is 46.1. The van der Waals surface area contributed by atoms with Crippen molar-refractivity contribution in [2.24, 2.45) is 0 Å². The molecule has 6 nitrogen and oxygen atoms in total. The lowest BCUT2D eigenvalue weighted by Gasteiger charge is -2.21. The molecule has 1 aromatic carbocycles. The SMILES string of the molecule is CC[C@@H](CC(=O)c1cc(C(=O)N[C@H](CC)c2ccc(C(F)(F)F)nc2)c2n1CCOC2)c1ccccc1. The third kappa shape index (κ3) is 5.93. The molecule has 1 aliphatic heterocycles. The first-order valence-electron chi connectivity index (χ1n) is 12.4. The van der Waals surface area contributed by atoms with Gasteiger partial charge in [0.2, 0.25) is 0 Å². The molecule has 0 bridgehead atoms. The van der Waals surface area contributed by atoms with Crippen molar-refractivity contribution in [3.63, 3.8) is 0 Å². The normalized spacial score (nSPS) is 15.1. The maximum atomic E-state index is 13.4. The van der Waals surface area contributed by atoms with Gasteiger partial charge in [0, 0.05) is 19.2 Å². The van der Waals surface area contributed by atoms with Crippen molar-refractivity contribution < 1.29 is 27.5 Å². The van der Waals surface area contributed by atoms with Crippen molar-refractivity contribution in [3.05, 3.63) is 88.5 Å². The monoisotopic (exact) mass is 513 g/mol. The lowest BCUT2D eigenvalue weighted by atomic mass is 9.90. The topological polar surface area (TPSA) is 73.2 Å². The fourth-order valence-electron chi connectivity index (χ4n) is 4.74. The zero-order valence-electron chi connectivity index (χ0n) is 20.8. The van der Waals surface area contributed by atoms with Gasteiger partial charge in [-0.15, -0.1) is 0 Å². The second-order valence-corrected chi connectivity index (χ2v) is 9.15. The molecule has 4 rings (SSSR count). The largest absolute Gasteiger partial charge is 0.433 e. The molecular formula is C28H30F3N3O3. The van der Waals surface area contributed by atoms with Gasteiger partial charge in [-0.25, -0.2) is 0 Å². The Labute approximate surface area is 213 Å². The first-order valence-corrected chi connectivity index (χ1v) is 12.4. The van der Waals surface area contributed by atoms with Gasteiger partial charge < -0.3 is 14.6 Å². The van der Waals surface area contributed by atoms with Crippen LogP contribution in [0.2, 0.25) is 0 Å². The van der Waals surface area contributed by atoms with Crippen LogP contribution in [0.5, 0.6) is 0 Å². The fourth-order valence-corrected chi connectivity index (χ4v) is 4.74. The van der Waals surface area contributed by atoms with Crippen molar-refractivity contribution in [3.8, 4) is 0 Å². The van der Waals surface area contributed by atoms with Crippen LogP contribution in [0.1, 0.15) is 88.4 Å². The molecule has 0 fully saturated rings. The molecule has 1 aliphatic rings. The van der Waals surface area contributed by atoms with Crippen molar-refractivity contribution in [2.45, 2.75) is 64.4 Å². The number of fused-ring (bicyclic) bond motifs is 1. The van der Waals surface area contributed by atoms with Crippen LogP contribution < -0.4 is 5.32 Å². The number of nitrogens with one attached hydrogen (secondary N) is 1. The first-order chi connectivity index (χ1) is 17.7. The molecule has 196 valence electrons. The van der Waals surface area contributed by atoms with E-state index in [1.807, 2.05) is 48.7 Å². The molecule has 0 aliphatic carbocycles. The van der Waals surface area contributed by atoms with Crippen LogP contribution in [0, 0.1) is 0 Å². The summed E-state index contributed by atoms with van der Waals surface area (Å²) in [6.07, 6.45) is -1.82. The van der Waals surface area contributed by atoms with Crippen molar-refractivity contribution in [2.75, 3.05) is 6.61 Å². The van der Waals surface area contributed by atoms with Crippen LogP contribution in [-0.2, 0) is 24.1 Å². The molecule has 2 aromatic heterocycles. The predicted molar refractivity (Wildman–Crippen MR) is 132 cm³/mol. The molecule has 2 atom stereocenters. The van der Waals surface area contributed by atoms with Gasteiger partial charge in [-0.2, -0.15) is 13.2 Å². The Morgan fingerprint density at radius 2 is 1.84 bits per heavy atom. The van der Waals surface area contributed by atoms with Gasteiger partial charge in [0.1, 0.15) is 5.69 Å². The van der Waals surface area contributed by atoms with Crippen LogP contribution in [0.3, 0.4) is 0 Å². The summed E-state index contributed by atoms with van der Waals surface area (Å²) in [5, 5.41) is 2.90. The Morgan fingerprint density at radius 3 is 2.46 bits per heavy atom. The molecule has 0 saturated heterocycles. The highest BCUT2D eigenvalue weighted by Gasteiger charge is 2.33. The number of benzene rings is 1. The molecule has 9 heteroatoms. The number of Topliss-reactive ketones (excluding diaryl/α,β-unsaturated/α-hetero) is 1. The second-order valence-electron chi connectivity index (χ2n) is 9.15. The predicted octanol–water partition coefficient (Wildman–Crippen LogP) is 6.08. The second kappa shape index (κ2) is 11.3. The van der Waals surface area contributed by atoms with Gasteiger partial charge in [0.15, 0.2) is 5.78 Å². The van der Waals surface area contributed by atoms with Crippen LogP contribution in [0.25, 0.3) is 0 Å². The van der Waals surface area contributed by atoms with Gasteiger partial charge in [0.05, 0.1) is 36.2 Å². The van der Waals surface area contributed by atoms with Gasteiger partial charge >= 0.3 is 6.18 Å². The zero-order chi connectivity index (χ0) is 26.6. The minimum Gasteiger partial charge on any atom is -0.373 e. The molecule has 0 radical (unpaired) electrons. The number of rotatable bonds is 9. The van der Waals surface area contributed by atoms with E-state index in [1.165, 1.54) is 6.07 Å². The smallest absolute Gasteiger partial charge is 0.373 e. The highest BCUT2D eigenvalue weighted by molar-refractivity contribution is 6.01. The molecule has 1 amide bonds. The summed E-state index contributed by atoms with van der Waals surface area (Å²) in [6.45, 7) is 4.97. The van der Waals surface area contributed by atoms with E-state index in [0.717, 1.165) is 24.2 Å². The van der Waals surface area contributed by atoms with Gasteiger partial charge in [-0.1, -0.05) is 50.2 Å². The van der Waals surface area contributed by atoms with Crippen LogP contribution in [0.4, 0.5) is 13.2 Å². The number of nitrogens with zero attached hydrogens (tertiary/aromatic N) is 2. The molecule has 0 unspecified atom stereocenters. The zero-order valence-corrected chi connectivity index (χ0v) is 20.8. The Balaban J connectivity index is 1.56. The molecule has 3 heterocycles. The molecule has 3 aromatic rings. The maximum Gasteiger partial charge on any atom is 0.433 e. The summed E-state index contributed by atoms with van der Waals surface area (Å²) in [5.74, 6) is -0.388. The minimum absolute atomic E-state index is 0.0446. The molecule has 37 heavy (non-hydrogen) atoms. The Hall–Kier alpha value is -3.46. The summed E-state index contributed by atoms with van der Waals surface area (Å²) in [7, 11) is 0. The van der Waals surface area contributed by atoms with E-state index >= 15 is 0 Å². The molecule has 1 N–H and O–H groups in total. The van der Waals surface area contributed by atoms with Crippen LogP contribution in [-0.4, -0.2) is 27.8 Å². The Morgan fingerprint density at radius 1 is 1.08 bits per heavy atom. The van der Waals surface area contributed by atoms with E-state index in [2.05, 4.69) is 10.3 Å². The number of hydrogen-bond donors (Lipinski definition) is 1. The third-order valence-corrected chi connectivity index (χ3v) is 6.83. The summed E-state index contributed by atoms with van der Waals surface area (Å²) in [5.41, 5.74) is 2.02. The van der Waals surface area contributed by atoms with Crippen molar-refractivity contribution in [1.82, 2.24) is 14.9 Å². The third-order valence-electron chi connectivity index (χ3n) is 6.83. The van der Waals surface area contributed by atoms with Crippen molar-refractivity contribution >= 4 is 11.7 Å². The van der Waals surface area contributed by atoms with Gasteiger partial charge in [-0.05, 0) is 42.0 Å². The average Bonchev–Trinajstić information content (AvgIpc) is 3.30. The number of amides is 1. The van der Waals surface area contributed by atoms with E-state index < -0.39 is 23.8 Å². The molecular weight excluding hydrogens is 483 g/mol. The number of halogens is 3. The number of ether oxygens (including phenoxy) is 1. The summed E-state index contributed by atoms with van der Waals surface area (Å²) in [4.78, 5) is 30.3. The quantitative estimate of drug-likeness (QED) is 0.352. The van der Waals surface area contributed by atoms with Gasteiger partial charge in [0.25, 0.3) is 5.91 Å². The summed E-state index contributed by atoms with van der Waals surface area (Å²) in [6, 6.07) is 13.2. The number of carbonyl (C=O) groups is 2. The molecule has 0 saturated carbocycles. The summed E-state index contributed by atoms with van der Waals surface area (Å²) >= 11 is 0. The average molecular weight is 514 g/mol. The highest BCUT2D eigenvalue weighted by Crippen LogP contribution is 2.30.